The predicted molar refractivity (Wildman–Crippen MR) is 117 cm³/mol. The molecule has 1 aromatic heterocycles. The average Bonchev–Trinajstić information content (AvgIpc) is 2.85. The number of hydrogen-bond acceptors (Lipinski definition) is 12. The van der Waals surface area contributed by atoms with Crippen LogP contribution in [0.25, 0.3) is 0 Å². The molecule has 170 valence electrons. The third-order valence-corrected chi connectivity index (χ3v) is 4.98. The fourth-order valence-electron chi connectivity index (χ4n) is 3.31. The highest BCUT2D eigenvalue weighted by Gasteiger charge is 2.20. The summed E-state index contributed by atoms with van der Waals surface area (Å²) in [6.07, 6.45) is 1.46. The lowest BCUT2D eigenvalue weighted by Crippen LogP contribution is -2.40. The molecule has 3 heterocycles. The highest BCUT2D eigenvalue weighted by Crippen LogP contribution is 2.27. The normalized spacial score (nSPS) is 16.9. The Kier molecular flexibility index (Phi) is 6.87. The molecular formula is C19H24N8O5. The topological polar surface area (TPSA) is 140 Å². The molecule has 2 aliphatic heterocycles. The molecule has 0 atom stereocenters. The molecule has 2 aromatic rings. The minimum Gasteiger partial charge on any atom is -0.490 e. The fraction of sp³-hybridized carbons (Fsp3) is 0.474. The average molecular weight is 444 g/mol. The first kappa shape index (κ1) is 21.6. The molecule has 2 fully saturated rings. The molecule has 1 aromatic carbocycles. The monoisotopic (exact) mass is 444 g/mol. The number of anilines is 3. The van der Waals surface area contributed by atoms with Gasteiger partial charge in [0.25, 0.3) is 0 Å². The van der Waals surface area contributed by atoms with Crippen LogP contribution in [0.2, 0.25) is 0 Å². The molecule has 0 unspecified atom stereocenters. The van der Waals surface area contributed by atoms with Gasteiger partial charge in [0.05, 0.1) is 44.7 Å². The second-order valence-electron chi connectivity index (χ2n) is 7.02. The van der Waals surface area contributed by atoms with Gasteiger partial charge in [-0.15, -0.1) is 0 Å². The number of nitro benzene ring substituents is 1. The highest BCUT2D eigenvalue weighted by atomic mass is 16.6. The predicted octanol–water partition coefficient (Wildman–Crippen LogP) is 0.908. The lowest BCUT2D eigenvalue weighted by atomic mass is 10.2. The van der Waals surface area contributed by atoms with Crippen LogP contribution in [0.4, 0.5) is 23.5 Å². The van der Waals surface area contributed by atoms with Gasteiger partial charge in [0.1, 0.15) is 0 Å². The van der Waals surface area contributed by atoms with E-state index in [0.29, 0.717) is 70.1 Å². The third-order valence-electron chi connectivity index (χ3n) is 4.98. The van der Waals surface area contributed by atoms with E-state index in [1.54, 1.807) is 6.07 Å². The molecule has 0 bridgehead atoms. The van der Waals surface area contributed by atoms with Gasteiger partial charge in [-0.2, -0.15) is 20.1 Å². The lowest BCUT2D eigenvalue weighted by Gasteiger charge is -2.30. The zero-order valence-electron chi connectivity index (χ0n) is 17.6. The molecule has 0 aliphatic carbocycles. The van der Waals surface area contributed by atoms with Gasteiger partial charge in [0, 0.05) is 37.8 Å². The van der Waals surface area contributed by atoms with Crippen molar-refractivity contribution in [2.45, 2.75) is 0 Å². The van der Waals surface area contributed by atoms with Gasteiger partial charge in [-0.05, 0) is 12.1 Å². The minimum atomic E-state index is -0.501. The maximum Gasteiger partial charge on any atom is 0.311 e. The van der Waals surface area contributed by atoms with Crippen molar-refractivity contribution in [2.75, 3.05) is 74.9 Å². The summed E-state index contributed by atoms with van der Waals surface area (Å²) in [6.45, 7) is 5.17. The SMILES string of the molecule is COc1ccc(C=NNc2nc(N3CCOCC3)nc(N3CCOCC3)n2)cc1[N+](=O)[O-]. The first-order valence-electron chi connectivity index (χ1n) is 10.2. The molecular weight excluding hydrogens is 420 g/mol. The molecule has 1 N–H and O–H groups in total. The Morgan fingerprint density at radius 3 is 2.19 bits per heavy atom. The Labute approximate surface area is 184 Å². The Bertz CT molecular complexity index is 940. The summed E-state index contributed by atoms with van der Waals surface area (Å²) >= 11 is 0. The number of nitro groups is 1. The molecule has 0 radical (unpaired) electrons. The highest BCUT2D eigenvalue weighted by molar-refractivity contribution is 5.82. The molecule has 4 rings (SSSR count). The van der Waals surface area contributed by atoms with Gasteiger partial charge < -0.3 is 24.0 Å². The summed E-state index contributed by atoms with van der Waals surface area (Å²) in [5.41, 5.74) is 3.21. The largest absolute Gasteiger partial charge is 0.490 e. The van der Waals surface area contributed by atoms with Crippen molar-refractivity contribution in [3.63, 3.8) is 0 Å². The Morgan fingerprint density at radius 1 is 1.06 bits per heavy atom. The molecule has 0 amide bonds. The number of aromatic nitrogens is 3. The van der Waals surface area contributed by atoms with Crippen molar-refractivity contribution >= 4 is 29.7 Å². The summed E-state index contributed by atoms with van der Waals surface area (Å²) in [5, 5.41) is 15.4. The van der Waals surface area contributed by atoms with Crippen molar-refractivity contribution in [3.05, 3.63) is 33.9 Å². The van der Waals surface area contributed by atoms with Crippen molar-refractivity contribution in [2.24, 2.45) is 5.10 Å². The molecule has 2 saturated heterocycles. The fourth-order valence-corrected chi connectivity index (χ4v) is 3.31. The van der Waals surface area contributed by atoms with Gasteiger partial charge in [-0.25, -0.2) is 5.43 Å². The number of hydrazone groups is 1. The standard InChI is InChI=1S/C19H24N8O5/c1-30-16-3-2-14(12-15(16)27(28)29)13-20-24-17-21-18(25-4-8-31-9-5-25)23-19(22-17)26-6-10-32-11-7-26/h2-3,12-13H,4-11H2,1H3,(H,21,22,23,24). The second kappa shape index (κ2) is 10.2. The van der Waals surface area contributed by atoms with Crippen LogP contribution < -0.4 is 20.0 Å². The van der Waals surface area contributed by atoms with E-state index in [2.05, 4.69) is 25.5 Å². The van der Waals surface area contributed by atoms with E-state index in [9.17, 15) is 10.1 Å². The van der Waals surface area contributed by atoms with Crippen LogP contribution in [0.3, 0.4) is 0 Å². The molecule has 13 nitrogen and oxygen atoms in total. The zero-order valence-corrected chi connectivity index (χ0v) is 17.6. The van der Waals surface area contributed by atoms with Crippen LogP contribution in [-0.2, 0) is 9.47 Å². The zero-order chi connectivity index (χ0) is 22.3. The third kappa shape index (κ3) is 5.18. The van der Waals surface area contributed by atoms with Crippen LogP contribution in [0.5, 0.6) is 5.75 Å². The second-order valence-corrected chi connectivity index (χ2v) is 7.02. The van der Waals surface area contributed by atoms with E-state index in [0.717, 1.165) is 0 Å². The molecule has 13 heteroatoms. The summed E-state index contributed by atoms with van der Waals surface area (Å²) in [4.78, 5) is 28.4. The Balaban J connectivity index is 1.55. The van der Waals surface area contributed by atoms with Crippen molar-refractivity contribution in [1.29, 1.82) is 0 Å². The summed E-state index contributed by atoms with van der Waals surface area (Å²) < 4.78 is 15.9. The Hall–Kier alpha value is -3.58. The van der Waals surface area contributed by atoms with Crippen LogP contribution >= 0.6 is 0 Å². The first-order valence-corrected chi connectivity index (χ1v) is 10.2. The molecule has 2 aliphatic rings. The number of benzene rings is 1. The van der Waals surface area contributed by atoms with Crippen molar-refractivity contribution in [1.82, 2.24) is 15.0 Å². The summed E-state index contributed by atoms with van der Waals surface area (Å²) in [6, 6.07) is 4.58. The molecule has 0 saturated carbocycles. The first-order chi connectivity index (χ1) is 15.6. The number of morpholine rings is 2. The van der Waals surface area contributed by atoms with Crippen LogP contribution in [0.1, 0.15) is 5.56 Å². The van der Waals surface area contributed by atoms with Crippen LogP contribution in [-0.4, -0.2) is 85.8 Å². The maximum absolute atomic E-state index is 11.2. The van der Waals surface area contributed by atoms with E-state index < -0.39 is 4.92 Å². The lowest BCUT2D eigenvalue weighted by molar-refractivity contribution is -0.385. The van der Waals surface area contributed by atoms with Gasteiger partial charge >= 0.3 is 5.69 Å². The number of rotatable bonds is 7. The maximum atomic E-state index is 11.2. The Morgan fingerprint density at radius 2 is 1.66 bits per heavy atom. The van der Waals surface area contributed by atoms with E-state index in [1.165, 1.54) is 25.5 Å². The van der Waals surface area contributed by atoms with Crippen LogP contribution in [0.15, 0.2) is 23.3 Å². The van der Waals surface area contributed by atoms with Gasteiger partial charge in [-0.3, -0.25) is 10.1 Å². The number of nitrogens with one attached hydrogen (secondary N) is 1. The van der Waals surface area contributed by atoms with Crippen molar-refractivity contribution in [3.8, 4) is 5.75 Å². The number of ether oxygens (including phenoxy) is 3. The van der Waals surface area contributed by atoms with E-state index >= 15 is 0 Å². The van der Waals surface area contributed by atoms with Gasteiger partial charge in [0.15, 0.2) is 5.75 Å². The number of nitrogens with zero attached hydrogens (tertiary/aromatic N) is 7. The number of methoxy groups -OCH3 is 1. The summed E-state index contributed by atoms with van der Waals surface area (Å²) in [5.74, 6) is 1.55. The summed E-state index contributed by atoms with van der Waals surface area (Å²) in [7, 11) is 1.39. The van der Waals surface area contributed by atoms with E-state index in [4.69, 9.17) is 14.2 Å². The number of hydrogen-bond donors (Lipinski definition) is 1. The van der Waals surface area contributed by atoms with Gasteiger partial charge in [-0.1, -0.05) is 0 Å². The van der Waals surface area contributed by atoms with Gasteiger partial charge in [0.2, 0.25) is 17.8 Å². The minimum absolute atomic E-state index is 0.138. The quantitative estimate of drug-likeness (QED) is 0.370. The molecule has 0 spiro atoms. The van der Waals surface area contributed by atoms with E-state index in [-0.39, 0.29) is 17.4 Å². The molecule has 32 heavy (non-hydrogen) atoms. The van der Waals surface area contributed by atoms with Crippen LogP contribution in [0, 0.1) is 10.1 Å². The van der Waals surface area contributed by atoms with E-state index in [1.807, 2.05) is 9.80 Å². The smallest absolute Gasteiger partial charge is 0.311 e. The van der Waals surface area contributed by atoms with Crippen molar-refractivity contribution < 1.29 is 19.1 Å².